The van der Waals surface area contributed by atoms with Gasteiger partial charge in [-0.25, -0.2) is 0 Å². The Morgan fingerprint density at radius 1 is 1.10 bits per heavy atom. The van der Waals surface area contributed by atoms with Crippen molar-refractivity contribution in [2.45, 2.75) is 51.5 Å². The first-order chi connectivity index (χ1) is 10.3. The van der Waals surface area contributed by atoms with E-state index in [2.05, 4.69) is 49.4 Å². The van der Waals surface area contributed by atoms with Gasteiger partial charge in [0, 0.05) is 6.04 Å². The van der Waals surface area contributed by atoms with Gasteiger partial charge in [0.15, 0.2) is 0 Å². The molecule has 1 fully saturated rings. The summed E-state index contributed by atoms with van der Waals surface area (Å²) in [5.41, 5.74) is 8.00. The smallest absolute Gasteiger partial charge is 0.0108 e. The first-order valence-corrected chi connectivity index (χ1v) is 8.50. The molecule has 0 amide bonds. The van der Waals surface area contributed by atoms with Crippen LogP contribution in [-0.2, 0) is 6.42 Å². The molecule has 3 atom stereocenters. The van der Waals surface area contributed by atoms with E-state index >= 15 is 0 Å². The van der Waals surface area contributed by atoms with Crippen LogP contribution in [0.1, 0.15) is 44.6 Å². The maximum Gasteiger partial charge on any atom is 0.0108 e. The Labute approximate surface area is 128 Å². The van der Waals surface area contributed by atoms with E-state index in [1.807, 2.05) is 0 Å². The lowest BCUT2D eigenvalue weighted by atomic mass is 9.75. The van der Waals surface area contributed by atoms with Crippen molar-refractivity contribution < 1.29 is 0 Å². The van der Waals surface area contributed by atoms with Gasteiger partial charge < -0.3 is 5.73 Å². The standard InChI is InChI=1S/C20H27N/c1-2-15-7-5-11-18(13-15)20(21)14-17-10-6-9-16-8-3-4-12-19(16)17/h3-4,6,8-10,12,15,18,20H,2,5,7,11,13-14,21H2,1H3. The van der Waals surface area contributed by atoms with E-state index in [0.717, 1.165) is 12.3 Å². The Kier molecular flexibility index (Phi) is 4.60. The minimum Gasteiger partial charge on any atom is -0.327 e. The molecular formula is C20H27N. The number of fused-ring (bicyclic) bond motifs is 1. The fourth-order valence-electron chi connectivity index (χ4n) is 3.98. The summed E-state index contributed by atoms with van der Waals surface area (Å²) in [6.07, 6.45) is 7.77. The highest BCUT2D eigenvalue weighted by Gasteiger charge is 2.25. The third-order valence-corrected chi connectivity index (χ3v) is 5.34. The van der Waals surface area contributed by atoms with Gasteiger partial charge in [-0.2, -0.15) is 0 Å². The largest absolute Gasteiger partial charge is 0.327 e. The van der Waals surface area contributed by atoms with Crippen LogP contribution in [0, 0.1) is 11.8 Å². The average molecular weight is 281 g/mol. The van der Waals surface area contributed by atoms with E-state index in [1.165, 1.54) is 48.4 Å². The van der Waals surface area contributed by atoms with Crippen LogP contribution in [0.3, 0.4) is 0 Å². The second-order valence-corrected chi connectivity index (χ2v) is 6.71. The van der Waals surface area contributed by atoms with Gasteiger partial charge in [0.1, 0.15) is 0 Å². The summed E-state index contributed by atoms with van der Waals surface area (Å²) in [5.74, 6) is 1.62. The van der Waals surface area contributed by atoms with Crippen LogP contribution in [0.2, 0.25) is 0 Å². The predicted octanol–water partition coefficient (Wildman–Crippen LogP) is 4.93. The lowest BCUT2D eigenvalue weighted by Crippen LogP contribution is -2.35. The van der Waals surface area contributed by atoms with Gasteiger partial charge in [0.2, 0.25) is 0 Å². The highest BCUT2D eigenvalue weighted by molar-refractivity contribution is 5.85. The second-order valence-electron chi connectivity index (χ2n) is 6.71. The van der Waals surface area contributed by atoms with Crippen molar-refractivity contribution in [2.24, 2.45) is 17.6 Å². The van der Waals surface area contributed by atoms with Gasteiger partial charge >= 0.3 is 0 Å². The fraction of sp³-hybridized carbons (Fsp3) is 0.500. The van der Waals surface area contributed by atoms with Crippen LogP contribution in [0.15, 0.2) is 42.5 Å². The van der Waals surface area contributed by atoms with E-state index < -0.39 is 0 Å². The average Bonchev–Trinajstić information content (AvgIpc) is 2.55. The van der Waals surface area contributed by atoms with Crippen molar-refractivity contribution in [1.29, 1.82) is 0 Å². The molecule has 1 nitrogen and oxygen atoms in total. The molecule has 2 aromatic rings. The Hall–Kier alpha value is -1.34. The molecule has 2 aromatic carbocycles. The molecule has 21 heavy (non-hydrogen) atoms. The molecule has 112 valence electrons. The number of hydrogen-bond donors (Lipinski definition) is 1. The van der Waals surface area contributed by atoms with Crippen molar-refractivity contribution in [3.05, 3.63) is 48.0 Å². The minimum absolute atomic E-state index is 0.310. The maximum absolute atomic E-state index is 6.59. The third kappa shape index (κ3) is 3.29. The Bertz CT molecular complexity index is 584. The first kappa shape index (κ1) is 14.6. The van der Waals surface area contributed by atoms with Crippen molar-refractivity contribution in [2.75, 3.05) is 0 Å². The van der Waals surface area contributed by atoms with Crippen LogP contribution in [0.25, 0.3) is 10.8 Å². The Morgan fingerprint density at radius 3 is 2.76 bits per heavy atom. The monoisotopic (exact) mass is 281 g/mol. The Balaban J connectivity index is 1.75. The third-order valence-electron chi connectivity index (χ3n) is 5.34. The SMILES string of the molecule is CCC1CCCC(C(N)Cc2cccc3ccccc23)C1. The lowest BCUT2D eigenvalue weighted by Gasteiger charge is -2.32. The zero-order chi connectivity index (χ0) is 14.7. The van der Waals surface area contributed by atoms with Crippen LogP contribution in [0.5, 0.6) is 0 Å². The fourth-order valence-corrected chi connectivity index (χ4v) is 3.98. The van der Waals surface area contributed by atoms with Crippen molar-refractivity contribution in [1.82, 2.24) is 0 Å². The molecule has 3 rings (SSSR count). The summed E-state index contributed by atoms with van der Waals surface area (Å²) in [6, 6.07) is 15.6. The highest BCUT2D eigenvalue weighted by Crippen LogP contribution is 2.33. The quantitative estimate of drug-likeness (QED) is 0.845. The van der Waals surface area contributed by atoms with E-state index in [9.17, 15) is 0 Å². The van der Waals surface area contributed by atoms with Gasteiger partial charge in [-0.15, -0.1) is 0 Å². The molecule has 0 radical (unpaired) electrons. The predicted molar refractivity (Wildman–Crippen MR) is 91.4 cm³/mol. The van der Waals surface area contributed by atoms with E-state index in [1.54, 1.807) is 0 Å². The molecule has 0 heterocycles. The van der Waals surface area contributed by atoms with Crippen LogP contribution in [-0.4, -0.2) is 6.04 Å². The molecule has 1 heteroatoms. The maximum atomic E-state index is 6.59. The van der Waals surface area contributed by atoms with Gasteiger partial charge in [-0.3, -0.25) is 0 Å². The summed E-state index contributed by atoms with van der Waals surface area (Å²) >= 11 is 0. The number of benzene rings is 2. The summed E-state index contributed by atoms with van der Waals surface area (Å²) in [6.45, 7) is 2.32. The number of rotatable bonds is 4. The molecular weight excluding hydrogens is 254 g/mol. The molecule has 0 aromatic heterocycles. The Morgan fingerprint density at radius 2 is 1.90 bits per heavy atom. The lowest BCUT2D eigenvalue weighted by molar-refractivity contribution is 0.228. The zero-order valence-electron chi connectivity index (χ0n) is 13.1. The molecule has 2 N–H and O–H groups in total. The van der Waals surface area contributed by atoms with E-state index in [0.29, 0.717) is 12.0 Å². The summed E-state index contributed by atoms with van der Waals surface area (Å²) in [5, 5.41) is 2.70. The number of nitrogens with two attached hydrogens (primary N) is 1. The second kappa shape index (κ2) is 6.62. The topological polar surface area (TPSA) is 26.0 Å². The molecule has 0 aliphatic heterocycles. The molecule has 1 aliphatic carbocycles. The number of hydrogen-bond acceptors (Lipinski definition) is 1. The van der Waals surface area contributed by atoms with Gasteiger partial charge in [0.05, 0.1) is 0 Å². The van der Waals surface area contributed by atoms with Gasteiger partial charge in [-0.1, -0.05) is 68.7 Å². The van der Waals surface area contributed by atoms with Crippen LogP contribution < -0.4 is 5.73 Å². The summed E-state index contributed by atoms with van der Waals surface area (Å²) < 4.78 is 0. The zero-order valence-corrected chi connectivity index (χ0v) is 13.1. The van der Waals surface area contributed by atoms with E-state index in [4.69, 9.17) is 5.73 Å². The molecule has 0 spiro atoms. The summed E-state index contributed by atoms with van der Waals surface area (Å²) in [7, 11) is 0. The molecule has 3 unspecified atom stereocenters. The normalized spacial score (nSPS) is 24.1. The highest BCUT2D eigenvalue weighted by atomic mass is 14.7. The van der Waals surface area contributed by atoms with Crippen molar-refractivity contribution in [3.8, 4) is 0 Å². The molecule has 1 saturated carbocycles. The first-order valence-electron chi connectivity index (χ1n) is 8.50. The van der Waals surface area contributed by atoms with Crippen LogP contribution >= 0.6 is 0 Å². The van der Waals surface area contributed by atoms with Gasteiger partial charge in [0.25, 0.3) is 0 Å². The summed E-state index contributed by atoms with van der Waals surface area (Å²) in [4.78, 5) is 0. The molecule has 0 saturated heterocycles. The van der Waals surface area contributed by atoms with Gasteiger partial charge in [-0.05, 0) is 47.4 Å². The minimum atomic E-state index is 0.310. The molecule has 0 bridgehead atoms. The van der Waals surface area contributed by atoms with Crippen molar-refractivity contribution in [3.63, 3.8) is 0 Å². The van der Waals surface area contributed by atoms with Crippen molar-refractivity contribution >= 4 is 10.8 Å². The molecule has 1 aliphatic rings. The van der Waals surface area contributed by atoms with Crippen LogP contribution in [0.4, 0.5) is 0 Å². The van der Waals surface area contributed by atoms with E-state index in [-0.39, 0.29) is 0 Å².